The highest BCUT2D eigenvalue weighted by Crippen LogP contribution is 2.35. The lowest BCUT2D eigenvalue weighted by atomic mass is 9.96. The summed E-state index contributed by atoms with van der Waals surface area (Å²) >= 11 is 1.77. The molecule has 4 nitrogen and oxygen atoms in total. The Kier molecular flexibility index (Phi) is 4.83. The van der Waals surface area contributed by atoms with E-state index >= 15 is 0 Å². The Morgan fingerprint density at radius 2 is 1.88 bits per heavy atom. The molecule has 1 aromatic carbocycles. The van der Waals surface area contributed by atoms with Crippen LogP contribution in [0.4, 0.5) is 0 Å². The molecular weight excluding hydrogens is 320 g/mol. The number of methoxy groups -OCH3 is 1. The molecule has 0 radical (unpaired) electrons. The highest BCUT2D eigenvalue weighted by atomic mass is 32.2. The number of hydrogen-bond donors (Lipinski definition) is 0. The third-order valence-electron chi connectivity index (χ3n) is 3.95. The number of fused-ring (bicyclic) bond motifs is 1. The van der Waals surface area contributed by atoms with Crippen LogP contribution < -0.4 is 4.74 Å². The maximum atomic E-state index is 5.98. The van der Waals surface area contributed by atoms with Gasteiger partial charge in [-0.25, -0.2) is 9.97 Å². The van der Waals surface area contributed by atoms with Gasteiger partial charge >= 0.3 is 0 Å². The van der Waals surface area contributed by atoms with E-state index in [2.05, 4.69) is 27.7 Å². The SMILES string of the molecule is COc1ccc(-c2nc3c(c(SC(C)C)n2)COC(C)(C)C3)cc1. The second-order valence-electron chi connectivity index (χ2n) is 6.90. The van der Waals surface area contributed by atoms with E-state index < -0.39 is 0 Å². The number of aromatic nitrogens is 2. The van der Waals surface area contributed by atoms with Crippen LogP contribution in [0.3, 0.4) is 0 Å². The summed E-state index contributed by atoms with van der Waals surface area (Å²) in [7, 11) is 1.67. The van der Waals surface area contributed by atoms with Crippen molar-refractivity contribution in [1.29, 1.82) is 0 Å². The van der Waals surface area contributed by atoms with Gasteiger partial charge in [0.25, 0.3) is 0 Å². The summed E-state index contributed by atoms with van der Waals surface area (Å²) in [5, 5.41) is 1.50. The second-order valence-corrected chi connectivity index (χ2v) is 8.46. The van der Waals surface area contributed by atoms with E-state index in [4.69, 9.17) is 19.4 Å². The van der Waals surface area contributed by atoms with E-state index in [0.29, 0.717) is 11.9 Å². The number of nitrogens with zero attached hydrogens (tertiary/aromatic N) is 2. The van der Waals surface area contributed by atoms with Crippen molar-refractivity contribution in [3.05, 3.63) is 35.5 Å². The Labute approximate surface area is 148 Å². The molecule has 1 aliphatic rings. The van der Waals surface area contributed by atoms with E-state index in [9.17, 15) is 0 Å². The van der Waals surface area contributed by atoms with Crippen LogP contribution in [0.1, 0.15) is 39.0 Å². The molecule has 0 unspecified atom stereocenters. The molecule has 2 heterocycles. The van der Waals surface area contributed by atoms with E-state index in [1.54, 1.807) is 18.9 Å². The predicted molar refractivity (Wildman–Crippen MR) is 97.6 cm³/mol. The van der Waals surface area contributed by atoms with Gasteiger partial charge in [0.2, 0.25) is 0 Å². The Balaban J connectivity index is 2.06. The fourth-order valence-corrected chi connectivity index (χ4v) is 3.62. The number of rotatable bonds is 4. The van der Waals surface area contributed by atoms with Crippen LogP contribution in [0.25, 0.3) is 11.4 Å². The molecule has 24 heavy (non-hydrogen) atoms. The van der Waals surface area contributed by atoms with E-state index in [1.807, 2.05) is 24.3 Å². The van der Waals surface area contributed by atoms with E-state index in [-0.39, 0.29) is 5.60 Å². The van der Waals surface area contributed by atoms with Gasteiger partial charge in [0.15, 0.2) is 5.82 Å². The van der Waals surface area contributed by atoms with Gasteiger partial charge in [0, 0.05) is 22.8 Å². The summed E-state index contributed by atoms with van der Waals surface area (Å²) in [6.07, 6.45) is 0.805. The normalized spacial score (nSPS) is 16.1. The van der Waals surface area contributed by atoms with Crippen LogP contribution in [0.5, 0.6) is 5.75 Å². The van der Waals surface area contributed by atoms with Gasteiger partial charge in [-0.3, -0.25) is 0 Å². The van der Waals surface area contributed by atoms with Crippen molar-refractivity contribution in [3.8, 4) is 17.1 Å². The van der Waals surface area contributed by atoms with Crippen molar-refractivity contribution in [2.24, 2.45) is 0 Å². The standard InChI is InChI=1S/C19H24N2O2S/c1-12(2)24-18-15-11-23-19(3,4)10-16(15)20-17(21-18)13-6-8-14(22-5)9-7-13/h6-9,12H,10-11H2,1-5H3. The lowest BCUT2D eigenvalue weighted by molar-refractivity contribution is -0.0428. The van der Waals surface area contributed by atoms with Crippen molar-refractivity contribution in [3.63, 3.8) is 0 Å². The van der Waals surface area contributed by atoms with Gasteiger partial charge in [0.1, 0.15) is 10.8 Å². The molecule has 3 rings (SSSR count). The molecule has 0 saturated carbocycles. The first-order chi connectivity index (χ1) is 11.4. The molecule has 5 heteroatoms. The van der Waals surface area contributed by atoms with Crippen molar-refractivity contribution < 1.29 is 9.47 Å². The van der Waals surface area contributed by atoms with Crippen molar-refractivity contribution >= 4 is 11.8 Å². The van der Waals surface area contributed by atoms with E-state index in [1.165, 1.54) is 0 Å². The monoisotopic (exact) mass is 344 g/mol. The van der Waals surface area contributed by atoms with Gasteiger partial charge in [-0.1, -0.05) is 13.8 Å². The maximum Gasteiger partial charge on any atom is 0.160 e. The van der Waals surface area contributed by atoms with Crippen molar-refractivity contribution in [1.82, 2.24) is 9.97 Å². The van der Waals surface area contributed by atoms with Crippen molar-refractivity contribution in [2.45, 2.75) is 56.6 Å². The Morgan fingerprint density at radius 3 is 2.50 bits per heavy atom. The third kappa shape index (κ3) is 3.73. The Hall–Kier alpha value is -1.59. The summed E-state index contributed by atoms with van der Waals surface area (Å²) in [4.78, 5) is 9.69. The third-order valence-corrected chi connectivity index (χ3v) is 4.98. The lowest BCUT2D eigenvalue weighted by Gasteiger charge is -2.32. The smallest absolute Gasteiger partial charge is 0.160 e. The fraction of sp³-hybridized carbons (Fsp3) is 0.474. The summed E-state index contributed by atoms with van der Waals surface area (Å²) < 4.78 is 11.2. The summed E-state index contributed by atoms with van der Waals surface area (Å²) in [6, 6.07) is 7.91. The molecule has 1 aromatic heterocycles. The topological polar surface area (TPSA) is 44.2 Å². The van der Waals surface area contributed by atoms with Crippen LogP contribution >= 0.6 is 11.8 Å². The fourth-order valence-electron chi connectivity index (χ4n) is 2.71. The minimum absolute atomic E-state index is 0.182. The number of ether oxygens (including phenoxy) is 2. The first-order valence-electron chi connectivity index (χ1n) is 8.23. The number of benzene rings is 1. The molecule has 0 bridgehead atoms. The first-order valence-corrected chi connectivity index (χ1v) is 9.11. The molecule has 0 saturated heterocycles. The molecule has 2 aromatic rings. The second kappa shape index (κ2) is 6.73. The average Bonchev–Trinajstić information content (AvgIpc) is 2.53. The minimum Gasteiger partial charge on any atom is -0.497 e. The highest BCUT2D eigenvalue weighted by Gasteiger charge is 2.30. The first kappa shape index (κ1) is 17.2. The summed E-state index contributed by atoms with van der Waals surface area (Å²) in [5.74, 6) is 1.61. The van der Waals surface area contributed by atoms with Crippen molar-refractivity contribution in [2.75, 3.05) is 7.11 Å². The van der Waals surface area contributed by atoms with Crippen LogP contribution in [0, 0.1) is 0 Å². The van der Waals surface area contributed by atoms with Crippen LogP contribution in [0.2, 0.25) is 0 Å². The Bertz CT molecular complexity index is 710. The molecule has 0 amide bonds. The summed E-state index contributed by atoms with van der Waals surface area (Å²) in [6.45, 7) is 9.17. The largest absolute Gasteiger partial charge is 0.497 e. The zero-order valence-electron chi connectivity index (χ0n) is 14.9. The molecule has 0 fully saturated rings. The van der Waals surface area contributed by atoms with Gasteiger partial charge in [-0.15, -0.1) is 11.8 Å². The molecule has 128 valence electrons. The molecule has 0 spiro atoms. The molecule has 0 N–H and O–H groups in total. The van der Waals surface area contributed by atoms with Crippen LogP contribution in [-0.4, -0.2) is 27.9 Å². The van der Waals surface area contributed by atoms with Gasteiger partial charge in [0.05, 0.1) is 25.0 Å². The van der Waals surface area contributed by atoms with Gasteiger partial charge in [-0.2, -0.15) is 0 Å². The average molecular weight is 344 g/mol. The zero-order chi connectivity index (χ0) is 17.3. The van der Waals surface area contributed by atoms with Crippen LogP contribution in [-0.2, 0) is 17.8 Å². The van der Waals surface area contributed by atoms with Gasteiger partial charge < -0.3 is 9.47 Å². The van der Waals surface area contributed by atoms with Crippen LogP contribution in [0.15, 0.2) is 29.3 Å². The quantitative estimate of drug-likeness (QED) is 0.603. The van der Waals surface area contributed by atoms with E-state index in [0.717, 1.165) is 39.8 Å². The molecule has 0 aliphatic carbocycles. The zero-order valence-corrected chi connectivity index (χ0v) is 15.7. The number of hydrogen-bond acceptors (Lipinski definition) is 5. The molecular formula is C19H24N2O2S. The lowest BCUT2D eigenvalue weighted by Crippen LogP contribution is -2.33. The molecule has 0 atom stereocenters. The maximum absolute atomic E-state index is 5.98. The number of thioether (sulfide) groups is 1. The summed E-state index contributed by atoms with van der Waals surface area (Å²) in [5.41, 5.74) is 3.08. The highest BCUT2D eigenvalue weighted by molar-refractivity contribution is 7.99. The van der Waals surface area contributed by atoms with Gasteiger partial charge in [-0.05, 0) is 38.1 Å². The predicted octanol–water partition coefficient (Wildman–Crippen LogP) is 4.50. The Morgan fingerprint density at radius 1 is 1.17 bits per heavy atom. The molecule has 1 aliphatic heterocycles. The minimum atomic E-state index is -0.182.